The molecule has 0 aromatic heterocycles. The van der Waals surface area contributed by atoms with E-state index in [2.05, 4.69) is 170 Å². The number of rotatable bonds is 4. The normalized spacial score (nSPS) is 11.3. The summed E-state index contributed by atoms with van der Waals surface area (Å²) in [5.41, 5.74) is 10.0. The zero-order valence-corrected chi connectivity index (χ0v) is 23.2. The maximum absolute atomic E-state index is 2.29. The van der Waals surface area contributed by atoms with Gasteiger partial charge in [-0.25, -0.2) is 0 Å². The fourth-order valence-electron chi connectivity index (χ4n) is 6.59. The highest BCUT2D eigenvalue weighted by molar-refractivity contribution is 6.22. The maximum Gasteiger partial charge on any atom is -0.00201 e. The van der Waals surface area contributed by atoms with Gasteiger partial charge >= 0.3 is 0 Å². The van der Waals surface area contributed by atoms with Crippen molar-refractivity contribution in [3.8, 4) is 44.5 Å². The van der Waals surface area contributed by atoms with Crippen LogP contribution in [0.2, 0.25) is 0 Å². The van der Waals surface area contributed by atoms with Crippen molar-refractivity contribution < 1.29 is 0 Å². The lowest BCUT2D eigenvalue weighted by atomic mass is 9.83. The lowest BCUT2D eigenvalue weighted by Gasteiger charge is -2.20. The van der Waals surface area contributed by atoms with Gasteiger partial charge < -0.3 is 0 Å². The Balaban J connectivity index is 1.41. The van der Waals surface area contributed by atoms with Gasteiger partial charge in [-0.05, 0) is 76.8 Å². The van der Waals surface area contributed by atoms with Crippen molar-refractivity contribution in [3.05, 3.63) is 170 Å². The Kier molecular flexibility index (Phi) is 5.90. The Morgan fingerprint density at radius 1 is 0.214 bits per heavy atom. The van der Waals surface area contributed by atoms with E-state index in [0.29, 0.717) is 0 Å². The molecule has 0 heterocycles. The van der Waals surface area contributed by atoms with Gasteiger partial charge in [0.25, 0.3) is 0 Å². The van der Waals surface area contributed by atoms with Crippen LogP contribution in [-0.2, 0) is 0 Å². The molecule has 0 heteroatoms. The van der Waals surface area contributed by atoms with E-state index >= 15 is 0 Å². The monoisotopic (exact) mass is 532 g/mol. The lowest BCUT2D eigenvalue weighted by molar-refractivity contribution is 1.61. The molecule has 8 aromatic carbocycles. The standard InChI is InChI=1S/C42H28/c1-2-13-29(14-3-1)30-25-27-32(28-26-30)41-37-20-8-10-22-39(37)42(40-23-11-9-21-38(40)41)36-19-7-6-18-35(36)34-24-12-16-31-15-4-5-17-33(31)34/h1-28H. The average molecular weight is 533 g/mol. The summed E-state index contributed by atoms with van der Waals surface area (Å²) in [7, 11) is 0. The molecule has 8 aromatic rings. The molecule has 0 N–H and O–H groups in total. The molecule has 0 aliphatic heterocycles. The van der Waals surface area contributed by atoms with Crippen molar-refractivity contribution in [2.24, 2.45) is 0 Å². The SMILES string of the molecule is c1ccc(-c2ccc(-c3c4ccccc4c(-c4ccccc4-c4cccc5ccccc45)c4ccccc34)cc2)cc1. The zero-order valence-electron chi connectivity index (χ0n) is 23.2. The van der Waals surface area contributed by atoms with E-state index in [0.717, 1.165) is 0 Å². The predicted octanol–water partition coefficient (Wildman–Crippen LogP) is 11.8. The van der Waals surface area contributed by atoms with Crippen LogP contribution in [0.3, 0.4) is 0 Å². The summed E-state index contributed by atoms with van der Waals surface area (Å²) in [6.45, 7) is 0. The number of fused-ring (bicyclic) bond motifs is 3. The van der Waals surface area contributed by atoms with E-state index in [1.807, 2.05) is 0 Å². The Hall–Kier alpha value is -5.46. The van der Waals surface area contributed by atoms with Gasteiger partial charge in [0.2, 0.25) is 0 Å². The van der Waals surface area contributed by atoms with Crippen LogP contribution in [0.15, 0.2) is 170 Å². The minimum absolute atomic E-state index is 1.23. The quantitative estimate of drug-likeness (QED) is 0.198. The summed E-state index contributed by atoms with van der Waals surface area (Å²) < 4.78 is 0. The van der Waals surface area contributed by atoms with E-state index in [4.69, 9.17) is 0 Å². The third kappa shape index (κ3) is 4.00. The molecule has 0 bridgehead atoms. The largest absolute Gasteiger partial charge is 0.0622 e. The zero-order chi connectivity index (χ0) is 27.9. The highest BCUT2D eigenvalue weighted by atomic mass is 14.2. The van der Waals surface area contributed by atoms with Gasteiger partial charge in [0, 0.05) is 0 Å². The number of hydrogen-bond acceptors (Lipinski definition) is 0. The fraction of sp³-hybridized carbons (Fsp3) is 0. The first-order chi connectivity index (χ1) is 20.9. The highest BCUT2D eigenvalue weighted by Crippen LogP contribution is 2.46. The fourth-order valence-corrected chi connectivity index (χ4v) is 6.59. The van der Waals surface area contributed by atoms with Crippen molar-refractivity contribution >= 4 is 32.3 Å². The molecule has 0 saturated heterocycles. The van der Waals surface area contributed by atoms with Gasteiger partial charge in [0.1, 0.15) is 0 Å². The average Bonchev–Trinajstić information content (AvgIpc) is 3.07. The molecule has 0 fully saturated rings. The van der Waals surface area contributed by atoms with E-state index < -0.39 is 0 Å². The first-order valence-electron chi connectivity index (χ1n) is 14.5. The molecule has 0 saturated carbocycles. The molecule has 0 aliphatic carbocycles. The summed E-state index contributed by atoms with van der Waals surface area (Å²) in [6.07, 6.45) is 0. The molecule has 42 heavy (non-hydrogen) atoms. The molecule has 0 atom stereocenters. The first kappa shape index (κ1) is 24.3. The van der Waals surface area contributed by atoms with Crippen LogP contribution >= 0.6 is 0 Å². The molecular formula is C42H28. The minimum atomic E-state index is 1.23. The second-order valence-corrected chi connectivity index (χ2v) is 10.9. The smallest absolute Gasteiger partial charge is 0.00201 e. The van der Waals surface area contributed by atoms with Crippen LogP contribution in [0.1, 0.15) is 0 Å². The Morgan fingerprint density at radius 3 is 1.31 bits per heavy atom. The molecule has 196 valence electrons. The molecule has 0 spiro atoms. The topological polar surface area (TPSA) is 0 Å². The number of hydrogen-bond donors (Lipinski definition) is 0. The van der Waals surface area contributed by atoms with Crippen LogP contribution in [0.5, 0.6) is 0 Å². The van der Waals surface area contributed by atoms with E-state index in [1.54, 1.807) is 0 Å². The molecule has 0 nitrogen and oxygen atoms in total. The Labute approximate surface area is 246 Å². The molecule has 0 radical (unpaired) electrons. The van der Waals surface area contributed by atoms with Gasteiger partial charge in [-0.1, -0.05) is 170 Å². The minimum Gasteiger partial charge on any atom is -0.0622 e. The molecule has 0 unspecified atom stereocenters. The second-order valence-electron chi connectivity index (χ2n) is 10.9. The summed E-state index contributed by atoms with van der Waals surface area (Å²) in [4.78, 5) is 0. The predicted molar refractivity (Wildman–Crippen MR) is 181 cm³/mol. The number of benzene rings is 8. The highest BCUT2D eigenvalue weighted by Gasteiger charge is 2.19. The van der Waals surface area contributed by atoms with Crippen molar-refractivity contribution in [1.29, 1.82) is 0 Å². The molecular weight excluding hydrogens is 504 g/mol. The van der Waals surface area contributed by atoms with Crippen molar-refractivity contribution in [2.75, 3.05) is 0 Å². The molecule has 0 aliphatic rings. The first-order valence-corrected chi connectivity index (χ1v) is 14.5. The van der Waals surface area contributed by atoms with E-state index in [9.17, 15) is 0 Å². The maximum atomic E-state index is 2.29. The third-order valence-corrected chi connectivity index (χ3v) is 8.49. The van der Waals surface area contributed by atoms with Crippen LogP contribution in [-0.4, -0.2) is 0 Å². The molecule has 8 rings (SSSR count). The van der Waals surface area contributed by atoms with Crippen LogP contribution in [0.25, 0.3) is 76.8 Å². The Bertz CT molecular complexity index is 2160. The summed E-state index contributed by atoms with van der Waals surface area (Å²) in [5.74, 6) is 0. The van der Waals surface area contributed by atoms with Gasteiger partial charge in [0.05, 0.1) is 0 Å². The summed E-state index contributed by atoms with van der Waals surface area (Å²) in [5, 5.41) is 7.61. The van der Waals surface area contributed by atoms with Crippen LogP contribution in [0, 0.1) is 0 Å². The molecule has 0 amide bonds. The van der Waals surface area contributed by atoms with Crippen molar-refractivity contribution in [3.63, 3.8) is 0 Å². The summed E-state index contributed by atoms with van der Waals surface area (Å²) >= 11 is 0. The van der Waals surface area contributed by atoms with Crippen LogP contribution < -0.4 is 0 Å². The summed E-state index contributed by atoms with van der Waals surface area (Å²) in [6, 6.07) is 61.7. The van der Waals surface area contributed by atoms with E-state index in [-0.39, 0.29) is 0 Å². The van der Waals surface area contributed by atoms with E-state index in [1.165, 1.54) is 76.8 Å². The lowest BCUT2D eigenvalue weighted by Crippen LogP contribution is -1.93. The Morgan fingerprint density at radius 2 is 0.643 bits per heavy atom. The second kappa shape index (κ2) is 10.2. The van der Waals surface area contributed by atoms with Gasteiger partial charge in [0.15, 0.2) is 0 Å². The van der Waals surface area contributed by atoms with Crippen molar-refractivity contribution in [1.82, 2.24) is 0 Å². The van der Waals surface area contributed by atoms with Crippen molar-refractivity contribution in [2.45, 2.75) is 0 Å². The van der Waals surface area contributed by atoms with Gasteiger partial charge in [-0.15, -0.1) is 0 Å². The third-order valence-electron chi connectivity index (χ3n) is 8.49. The van der Waals surface area contributed by atoms with Gasteiger partial charge in [-0.2, -0.15) is 0 Å². The van der Waals surface area contributed by atoms with Gasteiger partial charge in [-0.3, -0.25) is 0 Å². The van der Waals surface area contributed by atoms with Crippen LogP contribution in [0.4, 0.5) is 0 Å².